The molecule has 132 valence electrons. The van der Waals surface area contributed by atoms with Gasteiger partial charge in [0.15, 0.2) is 11.0 Å². The fourth-order valence-corrected chi connectivity index (χ4v) is 3.08. The predicted molar refractivity (Wildman–Crippen MR) is 103 cm³/mol. The van der Waals surface area contributed by atoms with Gasteiger partial charge in [0.1, 0.15) is 5.75 Å². The van der Waals surface area contributed by atoms with Gasteiger partial charge >= 0.3 is 0 Å². The molecular weight excluding hydrogens is 346 g/mol. The molecule has 0 unspecified atom stereocenters. The van der Waals surface area contributed by atoms with Gasteiger partial charge in [0.05, 0.1) is 25.5 Å². The second-order valence-electron chi connectivity index (χ2n) is 5.60. The Labute approximate surface area is 156 Å². The normalized spacial score (nSPS) is 10.3. The molecule has 3 aromatic rings. The quantitative estimate of drug-likeness (QED) is 0.642. The average Bonchev–Trinajstić information content (AvgIpc) is 3.08. The predicted octanol–water partition coefficient (Wildman–Crippen LogP) is 3.81. The van der Waals surface area contributed by atoms with Crippen molar-refractivity contribution in [1.29, 1.82) is 5.26 Å². The van der Waals surface area contributed by atoms with Gasteiger partial charge in [-0.15, -0.1) is 10.2 Å². The molecule has 0 bridgehead atoms. The lowest BCUT2D eigenvalue weighted by Crippen LogP contribution is -2.08. The highest BCUT2D eigenvalue weighted by atomic mass is 32.2. The minimum absolute atomic E-state index is 0.329. The minimum atomic E-state index is 0.329. The van der Waals surface area contributed by atoms with Crippen LogP contribution in [0.15, 0.2) is 53.7 Å². The second-order valence-corrected chi connectivity index (χ2v) is 6.54. The van der Waals surface area contributed by atoms with E-state index in [9.17, 15) is 0 Å². The van der Waals surface area contributed by atoms with E-state index in [4.69, 9.17) is 10.00 Å². The Morgan fingerprint density at radius 3 is 2.50 bits per heavy atom. The van der Waals surface area contributed by atoms with Gasteiger partial charge in [0, 0.05) is 11.4 Å². The number of hydrogen-bond acceptors (Lipinski definition) is 6. The van der Waals surface area contributed by atoms with Gasteiger partial charge in [0.25, 0.3) is 0 Å². The summed E-state index contributed by atoms with van der Waals surface area (Å²) in [6, 6.07) is 18.0. The topological polar surface area (TPSA) is 75.8 Å². The first-order chi connectivity index (χ1) is 12.7. The summed E-state index contributed by atoms with van der Waals surface area (Å²) in [5.74, 6) is 1.93. The number of aryl methyl sites for hydroxylation is 1. The maximum absolute atomic E-state index is 8.88. The molecule has 1 heterocycles. The Morgan fingerprint density at radius 1 is 1.12 bits per heavy atom. The standard InChI is InChI=1S/C19H19N5OS/c1-14-3-7-16(8-4-14)24-18(22-23-19(24)26-12-11-20)13-21-15-5-9-17(25-2)10-6-15/h3-10,21H,12-13H2,1-2H3. The van der Waals surface area contributed by atoms with Crippen LogP contribution >= 0.6 is 11.8 Å². The van der Waals surface area contributed by atoms with Crippen molar-refractivity contribution in [3.8, 4) is 17.5 Å². The van der Waals surface area contributed by atoms with Crippen LogP contribution in [-0.2, 0) is 6.54 Å². The summed E-state index contributed by atoms with van der Waals surface area (Å²) in [5, 5.41) is 21.5. The summed E-state index contributed by atoms with van der Waals surface area (Å²) in [5.41, 5.74) is 3.13. The molecule has 0 amide bonds. The number of methoxy groups -OCH3 is 1. The zero-order valence-electron chi connectivity index (χ0n) is 14.6. The number of rotatable bonds is 7. The molecule has 0 saturated heterocycles. The SMILES string of the molecule is COc1ccc(NCc2nnc(SCC#N)n2-c2ccc(C)cc2)cc1. The Bertz CT molecular complexity index is 897. The Balaban J connectivity index is 1.84. The molecule has 0 atom stereocenters. The lowest BCUT2D eigenvalue weighted by atomic mass is 10.2. The van der Waals surface area contributed by atoms with Crippen molar-refractivity contribution in [2.24, 2.45) is 0 Å². The van der Waals surface area contributed by atoms with Gasteiger partial charge in [-0.3, -0.25) is 4.57 Å². The van der Waals surface area contributed by atoms with Crippen LogP contribution in [0.4, 0.5) is 5.69 Å². The van der Waals surface area contributed by atoms with E-state index in [1.165, 1.54) is 17.3 Å². The van der Waals surface area contributed by atoms with Gasteiger partial charge < -0.3 is 10.1 Å². The molecule has 0 spiro atoms. The molecule has 0 aliphatic heterocycles. The van der Waals surface area contributed by atoms with Crippen LogP contribution in [0.3, 0.4) is 0 Å². The van der Waals surface area contributed by atoms with Crippen molar-refractivity contribution >= 4 is 17.4 Å². The molecule has 26 heavy (non-hydrogen) atoms. The lowest BCUT2D eigenvalue weighted by Gasteiger charge is -2.11. The monoisotopic (exact) mass is 365 g/mol. The summed E-state index contributed by atoms with van der Waals surface area (Å²) < 4.78 is 7.16. The van der Waals surface area contributed by atoms with Gasteiger partial charge in [-0.1, -0.05) is 29.5 Å². The van der Waals surface area contributed by atoms with Crippen molar-refractivity contribution in [2.45, 2.75) is 18.6 Å². The van der Waals surface area contributed by atoms with E-state index in [-0.39, 0.29) is 0 Å². The highest BCUT2D eigenvalue weighted by molar-refractivity contribution is 7.99. The maximum atomic E-state index is 8.88. The van der Waals surface area contributed by atoms with Crippen LogP contribution in [0.2, 0.25) is 0 Å². The van der Waals surface area contributed by atoms with E-state index in [2.05, 4.69) is 33.7 Å². The van der Waals surface area contributed by atoms with Crippen molar-refractivity contribution in [2.75, 3.05) is 18.2 Å². The van der Waals surface area contributed by atoms with E-state index in [0.29, 0.717) is 17.5 Å². The van der Waals surface area contributed by atoms with Gasteiger partial charge in [-0.25, -0.2) is 0 Å². The van der Waals surface area contributed by atoms with Crippen LogP contribution in [-0.4, -0.2) is 27.6 Å². The fraction of sp³-hybridized carbons (Fsp3) is 0.211. The van der Waals surface area contributed by atoms with Crippen molar-refractivity contribution in [3.05, 3.63) is 59.9 Å². The Morgan fingerprint density at radius 2 is 1.85 bits per heavy atom. The summed E-state index contributed by atoms with van der Waals surface area (Å²) in [4.78, 5) is 0. The summed E-state index contributed by atoms with van der Waals surface area (Å²) >= 11 is 1.38. The zero-order chi connectivity index (χ0) is 18.4. The first-order valence-corrected chi connectivity index (χ1v) is 9.09. The van der Waals surface area contributed by atoms with Gasteiger partial charge in [-0.2, -0.15) is 5.26 Å². The van der Waals surface area contributed by atoms with Gasteiger partial charge in [0.2, 0.25) is 0 Å². The van der Waals surface area contributed by atoms with E-state index < -0.39 is 0 Å². The number of aromatic nitrogens is 3. The van der Waals surface area contributed by atoms with E-state index in [0.717, 1.165) is 22.9 Å². The van der Waals surface area contributed by atoms with Crippen LogP contribution in [0.1, 0.15) is 11.4 Å². The minimum Gasteiger partial charge on any atom is -0.497 e. The molecule has 2 aromatic carbocycles. The Kier molecular flexibility index (Phi) is 5.77. The summed E-state index contributed by atoms with van der Waals surface area (Å²) in [7, 11) is 1.65. The first-order valence-electron chi connectivity index (χ1n) is 8.10. The molecule has 6 nitrogen and oxygen atoms in total. The maximum Gasteiger partial charge on any atom is 0.196 e. The molecule has 0 aliphatic rings. The molecule has 3 rings (SSSR count). The van der Waals surface area contributed by atoms with Crippen LogP contribution in [0, 0.1) is 18.3 Å². The molecule has 1 N–H and O–H groups in total. The number of nitrogens with zero attached hydrogens (tertiary/aromatic N) is 4. The molecule has 0 radical (unpaired) electrons. The van der Waals surface area contributed by atoms with Crippen molar-refractivity contribution in [3.63, 3.8) is 0 Å². The fourth-order valence-electron chi connectivity index (χ4n) is 2.45. The molecule has 0 saturated carbocycles. The average molecular weight is 365 g/mol. The molecular formula is C19H19N5OS. The number of nitriles is 1. The third-order valence-corrected chi connectivity index (χ3v) is 4.59. The molecule has 0 fully saturated rings. The Hall–Kier alpha value is -2.98. The van der Waals surface area contributed by atoms with E-state index in [1.54, 1.807) is 7.11 Å². The largest absolute Gasteiger partial charge is 0.497 e. The van der Waals surface area contributed by atoms with Crippen LogP contribution in [0.25, 0.3) is 5.69 Å². The summed E-state index contributed by atoms with van der Waals surface area (Å²) in [6.45, 7) is 2.56. The summed E-state index contributed by atoms with van der Waals surface area (Å²) in [6.07, 6.45) is 0. The highest BCUT2D eigenvalue weighted by Gasteiger charge is 2.14. The van der Waals surface area contributed by atoms with E-state index in [1.807, 2.05) is 47.9 Å². The van der Waals surface area contributed by atoms with Crippen LogP contribution < -0.4 is 10.1 Å². The third-order valence-electron chi connectivity index (χ3n) is 3.80. The number of benzene rings is 2. The molecule has 7 heteroatoms. The number of ether oxygens (including phenoxy) is 1. The second kappa shape index (κ2) is 8.41. The van der Waals surface area contributed by atoms with Crippen molar-refractivity contribution < 1.29 is 4.74 Å². The van der Waals surface area contributed by atoms with Crippen molar-refractivity contribution in [1.82, 2.24) is 14.8 Å². The third kappa shape index (κ3) is 4.16. The first kappa shape index (κ1) is 17.8. The van der Waals surface area contributed by atoms with E-state index >= 15 is 0 Å². The van der Waals surface area contributed by atoms with Gasteiger partial charge in [-0.05, 0) is 43.3 Å². The number of thioether (sulfide) groups is 1. The lowest BCUT2D eigenvalue weighted by molar-refractivity contribution is 0.415. The zero-order valence-corrected chi connectivity index (χ0v) is 15.5. The molecule has 0 aliphatic carbocycles. The highest BCUT2D eigenvalue weighted by Crippen LogP contribution is 2.23. The van der Waals surface area contributed by atoms with Crippen LogP contribution in [0.5, 0.6) is 5.75 Å². The smallest absolute Gasteiger partial charge is 0.196 e. The number of anilines is 1. The number of nitrogens with one attached hydrogen (secondary N) is 1. The molecule has 1 aromatic heterocycles. The number of hydrogen-bond donors (Lipinski definition) is 1.